The predicted molar refractivity (Wildman–Crippen MR) is 121 cm³/mol. The van der Waals surface area contributed by atoms with E-state index in [1.165, 1.54) is 0 Å². The molecule has 0 aliphatic carbocycles. The largest absolute Gasteiger partial charge is 0.379 e. The van der Waals surface area contributed by atoms with Gasteiger partial charge in [-0.2, -0.15) is 0 Å². The summed E-state index contributed by atoms with van der Waals surface area (Å²) in [5.41, 5.74) is 3.60. The highest BCUT2D eigenvalue weighted by Crippen LogP contribution is 2.19. The molecular weight excluding hydrogens is 406 g/mol. The van der Waals surface area contributed by atoms with Gasteiger partial charge in [0.15, 0.2) is 0 Å². The normalized spacial score (nSPS) is 17.6. The highest BCUT2D eigenvalue weighted by molar-refractivity contribution is 5.94. The summed E-state index contributed by atoms with van der Waals surface area (Å²) in [5.74, 6) is 0.142. The number of morpholine rings is 1. The van der Waals surface area contributed by atoms with Crippen molar-refractivity contribution in [1.82, 2.24) is 24.3 Å². The number of carbonyl (C=O) groups is 2. The maximum Gasteiger partial charge on any atom is 0.253 e. The van der Waals surface area contributed by atoms with E-state index in [9.17, 15) is 9.59 Å². The van der Waals surface area contributed by atoms with E-state index in [-0.39, 0.29) is 11.8 Å². The van der Waals surface area contributed by atoms with Crippen LogP contribution in [0.1, 0.15) is 10.4 Å². The number of ether oxygens (including phenoxy) is 1. The lowest BCUT2D eigenvalue weighted by molar-refractivity contribution is -0.134. The zero-order valence-electron chi connectivity index (χ0n) is 18.0. The van der Waals surface area contributed by atoms with Gasteiger partial charge in [-0.1, -0.05) is 12.1 Å². The molecule has 5 rings (SSSR count). The first-order valence-corrected chi connectivity index (χ1v) is 11.1. The number of piperazine rings is 1. The van der Waals surface area contributed by atoms with E-state index < -0.39 is 0 Å². The standard InChI is InChI=1S/C24H27N5O3/c30-23(17-26-13-15-32-16-14-26)27-9-11-28(12-10-27)24(31)19-5-7-20(8-6-19)29-18-25-21-3-1-2-4-22(21)29/h1-8,18H,9-17H2. The Morgan fingerprint density at radius 3 is 2.28 bits per heavy atom. The molecule has 0 unspecified atom stereocenters. The maximum absolute atomic E-state index is 13.0. The summed E-state index contributed by atoms with van der Waals surface area (Å²) in [6, 6.07) is 15.6. The van der Waals surface area contributed by atoms with Gasteiger partial charge < -0.3 is 14.5 Å². The van der Waals surface area contributed by atoms with Crippen molar-refractivity contribution in [2.45, 2.75) is 0 Å². The summed E-state index contributed by atoms with van der Waals surface area (Å²) in [6.45, 7) is 5.67. The first-order valence-electron chi connectivity index (χ1n) is 11.1. The summed E-state index contributed by atoms with van der Waals surface area (Å²) in [7, 11) is 0. The second-order valence-corrected chi connectivity index (χ2v) is 8.21. The topological polar surface area (TPSA) is 70.9 Å². The quantitative estimate of drug-likeness (QED) is 0.626. The number of para-hydroxylation sites is 2. The molecule has 2 aromatic carbocycles. The van der Waals surface area contributed by atoms with Crippen LogP contribution in [0.15, 0.2) is 54.9 Å². The van der Waals surface area contributed by atoms with Gasteiger partial charge >= 0.3 is 0 Å². The zero-order chi connectivity index (χ0) is 21.9. The number of aromatic nitrogens is 2. The van der Waals surface area contributed by atoms with E-state index in [4.69, 9.17) is 4.74 Å². The number of hydrogen-bond acceptors (Lipinski definition) is 5. The van der Waals surface area contributed by atoms with Crippen LogP contribution in [0, 0.1) is 0 Å². The van der Waals surface area contributed by atoms with Gasteiger partial charge in [-0.05, 0) is 36.4 Å². The minimum atomic E-state index is 0.00678. The van der Waals surface area contributed by atoms with Gasteiger partial charge in [-0.3, -0.25) is 19.1 Å². The van der Waals surface area contributed by atoms with Crippen LogP contribution in [0.3, 0.4) is 0 Å². The van der Waals surface area contributed by atoms with Crippen LogP contribution >= 0.6 is 0 Å². The number of nitrogens with zero attached hydrogens (tertiary/aromatic N) is 5. The molecule has 2 aliphatic rings. The molecule has 2 fully saturated rings. The highest BCUT2D eigenvalue weighted by Gasteiger charge is 2.26. The Balaban J connectivity index is 1.18. The van der Waals surface area contributed by atoms with E-state index in [0.29, 0.717) is 51.5 Å². The van der Waals surface area contributed by atoms with Gasteiger partial charge in [0.05, 0.1) is 30.8 Å². The summed E-state index contributed by atoms with van der Waals surface area (Å²) in [6.07, 6.45) is 1.80. The third-order valence-corrected chi connectivity index (χ3v) is 6.23. The molecule has 0 bridgehead atoms. The molecular formula is C24H27N5O3. The predicted octanol–water partition coefficient (Wildman–Crippen LogP) is 1.64. The summed E-state index contributed by atoms with van der Waals surface area (Å²) >= 11 is 0. The summed E-state index contributed by atoms with van der Waals surface area (Å²) < 4.78 is 7.36. The van der Waals surface area contributed by atoms with Crippen molar-refractivity contribution in [2.75, 3.05) is 59.0 Å². The molecule has 0 N–H and O–H groups in total. The number of hydrogen-bond donors (Lipinski definition) is 0. The van der Waals surface area contributed by atoms with E-state index >= 15 is 0 Å². The Labute approximate surface area is 187 Å². The molecule has 2 aliphatic heterocycles. The van der Waals surface area contributed by atoms with Crippen LogP contribution in [-0.4, -0.2) is 95.1 Å². The van der Waals surface area contributed by atoms with Gasteiger partial charge in [0.2, 0.25) is 5.91 Å². The van der Waals surface area contributed by atoms with E-state index in [0.717, 1.165) is 29.8 Å². The molecule has 0 atom stereocenters. The fourth-order valence-electron chi connectivity index (χ4n) is 4.32. The minimum absolute atomic E-state index is 0.00678. The molecule has 0 saturated carbocycles. The first-order chi connectivity index (χ1) is 15.7. The van der Waals surface area contributed by atoms with Crippen LogP contribution in [0.2, 0.25) is 0 Å². The fourth-order valence-corrected chi connectivity index (χ4v) is 4.32. The van der Waals surface area contributed by atoms with Gasteiger partial charge in [-0.25, -0.2) is 4.98 Å². The van der Waals surface area contributed by atoms with E-state index in [1.807, 2.05) is 62.9 Å². The second-order valence-electron chi connectivity index (χ2n) is 8.21. The van der Waals surface area contributed by atoms with Crippen LogP contribution in [0.5, 0.6) is 0 Å². The molecule has 2 amide bonds. The first kappa shape index (κ1) is 20.7. The van der Waals surface area contributed by atoms with Crippen molar-refractivity contribution in [1.29, 1.82) is 0 Å². The Bertz CT molecular complexity index is 1100. The fraction of sp³-hybridized carbons (Fsp3) is 0.375. The lowest BCUT2D eigenvalue weighted by Crippen LogP contribution is -2.53. The molecule has 2 saturated heterocycles. The molecule has 32 heavy (non-hydrogen) atoms. The Hall–Kier alpha value is -3.23. The van der Waals surface area contributed by atoms with Gasteiger partial charge in [0.1, 0.15) is 6.33 Å². The second kappa shape index (κ2) is 9.10. The monoisotopic (exact) mass is 433 g/mol. The molecule has 166 valence electrons. The van der Waals surface area contributed by atoms with Gasteiger partial charge in [0.25, 0.3) is 5.91 Å². The van der Waals surface area contributed by atoms with Gasteiger partial charge in [-0.15, -0.1) is 0 Å². The summed E-state index contributed by atoms with van der Waals surface area (Å²) in [5, 5.41) is 0. The number of imidazole rings is 1. The number of carbonyl (C=O) groups excluding carboxylic acids is 2. The minimum Gasteiger partial charge on any atom is -0.379 e. The third kappa shape index (κ3) is 4.24. The molecule has 0 spiro atoms. The van der Waals surface area contributed by atoms with Crippen LogP contribution < -0.4 is 0 Å². The molecule has 3 heterocycles. The average molecular weight is 434 g/mol. The van der Waals surface area contributed by atoms with Crippen LogP contribution in [0.25, 0.3) is 16.7 Å². The molecule has 1 aromatic heterocycles. The molecule has 0 radical (unpaired) electrons. The average Bonchev–Trinajstić information content (AvgIpc) is 3.29. The van der Waals surface area contributed by atoms with Crippen molar-refractivity contribution in [3.63, 3.8) is 0 Å². The number of amides is 2. The van der Waals surface area contributed by atoms with Crippen molar-refractivity contribution in [3.05, 3.63) is 60.4 Å². The third-order valence-electron chi connectivity index (χ3n) is 6.23. The van der Waals surface area contributed by atoms with Crippen molar-refractivity contribution >= 4 is 22.8 Å². The lowest BCUT2D eigenvalue weighted by atomic mass is 10.1. The Morgan fingerprint density at radius 1 is 0.844 bits per heavy atom. The molecule has 8 nitrogen and oxygen atoms in total. The Kier molecular flexibility index (Phi) is 5.87. The SMILES string of the molecule is O=C(CN1CCOCC1)N1CCN(C(=O)c2ccc(-n3cnc4ccccc43)cc2)CC1. The van der Waals surface area contributed by atoms with Crippen molar-refractivity contribution in [3.8, 4) is 5.69 Å². The lowest BCUT2D eigenvalue weighted by Gasteiger charge is -2.36. The smallest absolute Gasteiger partial charge is 0.253 e. The number of rotatable bonds is 4. The number of benzene rings is 2. The highest BCUT2D eigenvalue weighted by atomic mass is 16.5. The maximum atomic E-state index is 13.0. The Morgan fingerprint density at radius 2 is 1.53 bits per heavy atom. The summed E-state index contributed by atoms with van der Waals surface area (Å²) in [4.78, 5) is 35.8. The van der Waals surface area contributed by atoms with E-state index in [2.05, 4.69) is 9.88 Å². The van der Waals surface area contributed by atoms with E-state index in [1.54, 1.807) is 6.33 Å². The van der Waals surface area contributed by atoms with Gasteiger partial charge in [0, 0.05) is 50.5 Å². The van der Waals surface area contributed by atoms with Crippen molar-refractivity contribution < 1.29 is 14.3 Å². The zero-order valence-corrected chi connectivity index (χ0v) is 18.0. The van der Waals surface area contributed by atoms with Crippen LogP contribution in [0.4, 0.5) is 0 Å². The molecule has 8 heteroatoms. The van der Waals surface area contributed by atoms with Crippen molar-refractivity contribution in [2.24, 2.45) is 0 Å². The van der Waals surface area contributed by atoms with Crippen LogP contribution in [-0.2, 0) is 9.53 Å². The molecule has 3 aromatic rings. The number of fused-ring (bicyclic) bond motifs is 1.